The lowest BCUT2D eigenvalue weighted by Crippen LogP contribution is -2.08. The van der Waals surface area contributed by atoms with E-state index in [0.717, 1.165) is 6.07 Å². The van der Waals surface area contributed by atoms with Gasteiger partial charge in [0.05, 0.1) is 24.4 Å². The second-order valence-corrected chi connectivity index (χ2v) is 4.50. The minimum atomic E-state index is -0.610. The number of methoxy groups -OCH3 is 1. The van der Waals surface area contributed by atoms with Crippen molar-refractivity contribution in [1.82, 2.24) is 15.0 Å². The molecule has 2 aromatic rings. The first kappa shape index (κ1) is 15.2. The van der Waals surface area contributed by atoms with Crippen LogP contribution in [0, 0.1) is 12.7 Å². The summed E-state index contributed by atoms with van der Waals surface area (Å²) in [5.74, 6) is -0.998. The fourth-order valence-electron chi connectivity index (χ4n) is 1.78. The molecule has 8 heteroatoms. The van der Waals surface area contributed by atoms with Crippen molar-refractivity contribution in [2.24, 2.45) is 0 Å². The molecule has 1 aromatic heterocycles. The summed E-state index contributed by atoms with van der Waals surface area (Å²) in [6.45, 7) is 3.48. The Morgan fingerprint density at radius 3 is 2.81 bits per heavy atom. The van der Waals surface area contributed by atoms with Crippen molar-refractivity contribution < 1.29 is 18.7 Å². The second-order valence-electron chi connectivity index (χ2n) is 4.09. The van der Waals surface area contributed by atoms with Gasteiger partial charge in [-0.3, -0.25) is 0 Å². The molecular formula is C13H13ClFN3O3. The number of carbonyl (C=O) groups is 1. The van der Waals surface area contributed by atoms with Gasteiger partial charge < -0.3 is 9.47 Å². The Kier molecular flexibility index (Phi) is 4.42. The maximum Gasteiger partial charge on any atom is 0.360 e. The Morgan fingerprint density at radius 2 is 2.19 bits per heavy atom. The third kappa shape index (κ3) is 2.82. The van der Waals surface area contributed by atoms with Crippen molar-refractivity contribution in [2.75, 3.05) is 13.7 Å². The third-order valence-electron chi connectivity index (χ3n) is 2.81. The van der Waals surface area contributed by atoms with Crippen LogP contribution in [-0.2, 0) is 4.74 Å². The number of rotatable bonds is 4. The highest BCUT2D eigenvalue weighted by molar-refractivity contribution is 6.32. The first-order chi connectivity index (χ1) is 9.99. The fraction of sp³-hybridized carbons (Fsp3) is 0.308. The van der Waals surface area contributed by atoms with Crippen LogP contribution < -0.4 is 4.74 Å². The molecule has 0 unspecified atom stereocenters. The number of nitrogens with zero attached hydrogens (tertiary/aromatic N) is 3. The molecule has 0 atom stereocenters. The van der Waals surface area contributed by atoms with Crippen molar-refractivity contribution in [3.05, 3.63) is 34.4 Å². The van der Waals surface area contributed by atoms with Gasteiger partial charge in [-0.15, -0.1) is 5.10 Å². The molecule has 112 valence electrons. The second kappa shape index (κ2) is 6.09. The van der Waals surface area contributed by atoms with E-state index in [1.165, 1.54) is 17.9 Å². The SMILES string of the molecule is CCOC(=O)c1nnn(-c2cc(Cl)c(OC)cc2F)c1C. The van der Waals surface area contributed by atoms with Gasteiger partial charge in [-0.2, -0.15) is 0 Å². The molecule has 0 aliphatic heterocycles. The molecule has 1 aromatic carbocycles. The highest BCUT2D eigenvalue weighted by atomic mass is 35.5. The lowest BCUT2D eigenvalue weighted by atomic mass is 10.2. The van der Waals surface area contributed by atoms with Gasteiger partial charge in [0.2, 0.25) is 0 Å². The lowest BCUT2D eigenvalue weighted by Gasteiger charge is -2.09. The van der Waals surface area contributed by atoms with Crippen molar-refractivity contribution in [3.8, 4) is 11.4 Å². The first-order valence-electron chi connectivity index (χ1n) is 6.12. The van der Waals surface area contributed by atoms with E-state index in [-0.39, 0.29) is 28.8 Å². The summed E-state index contributed by atoms with van der Waals surface area (Å²) in [5, 5.41) is 7.72. The van der Waals surface area contributed by atoms with Gasteiger partial charge in [0.1, 0.15) is 11.4 Å². The fourth-order valence-corrected chi connectivity index (χ4v) is 2.02. The maximum atomic E-state index is 14.1. The topological polar surface area (TPSA) is 66.2 Å². The van der Waals surface area contributed by atoms with Crippen molar-refractivity contribution >= 4 is 17.6 Å². The summed E-state index contributed by atoms with van der Waals surface area (Å²) in [7, 11) is 1.39. The van der Waals surface area contributed by atoms with Crippen molar-refractivity contribution in [3.63, 3.8) is 0 Å². The van der Waals surface area contributed by atoms with Crippen molar-refractivity contribution in [2.45, 2.75) is 13.8 Å². The quantitative estimate of drug-likeness (QED) is 0.812. The van der Waals surface area contributed by atoms with Crippen LogP contribution in [0.4, 0.5) is 4.39 Å². The number of ether oxygens (including phenoxy) is 2. The number of hydrogen-bond acceptors (Lipinski definition) is 5. The largest absolute Gasteiger partial charge is 0.495 e. The highest BCUT2D eigenvalue weighted by Crippen LogP contribution is 2.29. The van der Waals surface area contributed by atoms with Gasteiger partial charge in [-0.05, 0) is 19.9 Å². The van der Waals surface area contributed by atoms with Gasteiger partial charge in [0.15, 0.2) is 11.5 Å². The molecule has 0 amide bonds. The average Bonchev–Trinajstić information content (AvgIpc) is 2.83. The van der Waals surface area contributed by atoms with Crippen LogP contribution in [-0.4, -0.2) is 34.7 Å². The Bertz CT molecular complexity index is 688. The molecule has 0 radical (unpaired) electrons. The van der Waals surface area contributed by atoms with E-state index in [2.05, 4.69) is 10.3 Å². The normalized spacial score (nSPS) is 10.5. The molecule has 0 fully saturated rings. The Morgan fingerprint density at radius 1 is 1.48 bits per heavy atom. The number of esters is 1. The van der Waals surface area contributed by atoms with Crippen LogP contribution in [0.1, 0.15) is 23.1 Å². The van der Waals surface area contributed by atoms with Gasteiger partial charge in [0.25, 0.3) is 0 Å². The van der Waals surface area contributed by atoms with Gasteiger partial charge in [-0.1, -0.05) is 16.8 Å². The molecule has 0 bridgehead atoms. The molecule has 0 aliphatic rings. The molecule has 0 aliphatic carbocycles. The van der Waals surface area contributed by atoms with Gasteiger partial charge in [0, 0.05) is 6.07 Å². The molecule has 0 saturated heterocycles. The molecule has 1 heterocycles. The van der Waals surface area contributed by atoms with Crippen molar-refractivity contribution in [1.29, 1.82) is 0 Å². The number of aromatic nitrogens is 3. The zero-order valence-corrected chi connectivity index (χ0v) is 12.4. The summed E-state index contributed by atoms with van der Waals surface area (Å²) >= 11 is 5.98. The molecule has 0 saturated carbocycles. The Balaban J connectivity index is 2.49. The predicted molar refractivity (Wildman–Crippen MR) is 73.6 cm³/mol. The zero-order valence-electron chi connectivity index (χ0n) is 11.7. The minimum Gasteiger partial charge on any atom is -0.495 e. The predicted octanol–water partition coefficient (Wildman–Crippen LogP) is 2.55. The molecule has 0 N–H and O–H groups in total. The summed E-state index contributed by atoms with van der Waals surface area (Å²) < 4.78 is 25.1. The molecule has 6 nitrogen and oxygen atoms in total. The zero-order chi connectivity index (χ0) is 15.6. The van der Waals surface area contributed by atoms with E-state index >= 15 is 0 Å². The smallest absolute Gasteiger partial charge is 0.360 e. The van der Waals surface area contributed by atoms with Crippen LogP contribution in [0.3, 0.4) is 0 Å². The Labute approximate surface area is 125 Å². The highest BCUT2D eigenvalue weighted by Gasteiger charge is 2.21. The van der Waals surface area contributed by atoms with E-state index in [1.807, 2.05) is 0 Å². The number of carbonyl (C=O) groups excluding carboxylic acids is 1. The standard InChI is InChI=1S/C13H13ClFN3O3/c1-4-21-13(19)12-7(2)18(17-16-12)10-5-8(14)11(20-3)6-9(10)15/h5-6H,4H2,1-3H3. The van der Waals surface area contributed by atoms with E-state index in [0.29, 0.717) is 5.69 Å². The lowest BCUT2D eigenvalue weighted by molar-refractivity contribution is 0.0518. The van der Waals surface area contributed by atoms with E-state index in [1.54, 1.807) is 13.8 Å². The summed E-state index contributed by atoms with van der Waals surface area (Å²) in [4.78, 5) is 11.7. The number of halogens is 2. The molecule has 0 spiro atoms. The Hall–Kier alpha value is -2.15. The van der Waals surface area contributed by atoms with E-state index in [9.17, 15) is 9.18 Å². The van der Waals surface area contributed by atoms with Crippen LogP contribution in [0.15, 0.2) is 12.1 Å². The monoisotopic (exact) mass is 313 g/mol. The molecule has 2 rings (SSSR count). The van der Waals surface area contributed by atoms with Crippen LogP contribution in [0.2, 0.25) is 5.02 Å². The molecular weight excluding hydrogens is 301 g/mol. The molecule has 21 heavy (non-hydrogen) atoms. The van der Waals surface area contributed by atoms with Gasteiger partial charge in [-0.25, -0.2) is 13.9 Å². The maximum absolute atomic E-state index is 14.1. The summed E-state index contributed by atoms with van der Waals surface area (Å²) in [6.07, 6.45) is 0. The number of hydrogen-bond donors (Lipinski definition) is 0. The minimum absolute atomic E-state index is 0.0307. The van der Waals surface area contributed by atoms with E-state index < -0.39 is 11.8 Å². The summed E-state index contributed by atoms with van der Waals surface area (Å²) in [5.41, 5.74) is 0.457. The third-order valence-corrected chi connectivity index (χ3v) is 3.11. The van der Waals surface area contributed by atoms with Crippen LogP contribution in [0.25, 0.3) is 5.69 Å². The van der Waals surface area contributed by atoms with Crippen LogP contribution >= 0.6 is 11.6 Å². The van der Waals surface area contributed by atoms with E-state index in [4.69, 9.17) is 21.1 Å². The summed E-state index contributed by atoms with van der Waals surface area (Å²) in [6, 6.07) is 2.50. The average molecular weight is 314 g/mol. The van der Waals surface area contributed by atoms with Gasteiger partial charge >= 0.3 is 5.97 Å². The first-order valence-corrected chi connectivity index (χ1v) is 6.50. The number of benzene rings is 1. The van der Waals surface area contributed by atoms with Crippen LogP contribution in [0.5, 0.6) is 5.75 Å².